The lowest BCUT2D eigenvalue weighted by molar-refractivity contribution is 0.0564. The molecule has 0 radical (unpaired) electrons. The summed E-state index contributed by atoms with van der Waals surface area (Å²) in [7, 11) is 1.84. The molecular formula is C12H20N4O. The number of aryl methyl sites for hydroxylation is 1. The quantitative estimate of drug-likeness (QED) is 0.818. The Labute approximate surface area is 102 Å². The zero-order valence-corrected chi connectivity index (χ0v) is 10.5. The molecule has 2 N–H and O–H groups in total. The van der Waals surface area contributed by atoms with E-state index < -0.39 is 0 Å². The molecule has 1 aromatic heterocycles. The average molecular weight is 236 g/mol. The second-order valence-electron chi connectivity index (χ2n) is 4.91. The van der Waals surface area contributed by atoms with Gasteiger partial charge in [0.25, 0.3) is 5.91 Å². The minimum absolute atomic E-state index is 0.0485. The van der Waals surface area contributed by atoms with Crippen LogP contribution in [-0.2, 0) is 7.05 Å². The zero-order valence-electron chi connectivity index (χ0n) is 10.5. The molecule has 0 aromatic carbocycles. The van der Waals surface area contributed by atoms with Crippen molar-refractivity contribution in [3.05, 3.63) is 18.2 Å². The van der Waals surface area contributed by atoms with Crippen LogP contribution in [0.5, 0.6) is 0 Å². The third-order valence-electron chi connectivity index (χ3n) is 3.55. The molecule has 2 rings (SSSR count). The van der Waals surface area contributed by atoms with Gasteiger partial charge in [-0.3, -0.25) is 4.79 Å². The Kier molecular flexibility index (Phi) is 3.47. The first kappa shape index (κ1) is 12.1. The molecular weight excluding hydrogens is 216 g/mol. The number of aromatic nitrogens is 2. The van der Waals surface area contributed by atoms with Crippen molar-refractivity contribution in [3.8, 4) is 0 Å². The van der Waals surface area contributed by atoms with Gasteiger partial charge in [0.05, 0.1) is 12.5 Å². The number of carbonyl (C=O) groups is 1. The lowest BCUT2D eigenvalue weighted by atomic mass is 9.92. The molecule has 1 aliphatic rings. The lowest BCUT2D eigenvalue weighted by Crippen LogP contribution is -2.49. The number of nitrogens with two attached hydrogens (primary N) is 1. The van der Waals surface area contributed by atoms with Gasteiger partial charge in [0.15, 0.2) is 0 Å². The van der Waals surface area contributed by atoms with E-state index in [1.54, 1.807) is 17.1 Å². The van der Waals surface area contributed by atoms with E-state index in [1.807, 2.05) is 11.9 Å². The highest BCUT2D eigenvalue weighted by molar-refractivity contribution is 5.92. The lowest BCUT2D eigenvalue weighted by Gasteiger charge is -2.37. The molecule has 0 spiro atoms. The van der Waals surface area contributed by atoms with Crippen LogP contribution in [0.4, 0.5) is 0 Å². The summed E-state index contributed by atoms with van der Waals surface area (Å²) in [5.41, 5.74) is 6.41. The highest BCUT2D eigenvalue weighted by Gasteiger charge is 2.30. The minimum atomic E-state index is 0.0485. The van der Waals surface area contributed by atoms with Crippen LogP contribution in [0, 0.1) is 5.92 Å². The van der Waals surface area contributed by atoms with E-state index in [2.05, 4.69) is 11.9 Å². The summed E-state index contributed by atoms with van der Waals surface area (Å²) in [6, 6.07) is 0.168. The van der Waals surface area contributed by atoms with Crippen molar-refractivity contribution in [2.45, 2.75) is 25.8 Å². The van der Waals surface area contributed by atoms with Crippen LogP contribution in [0.25, 0.3) is 0 Å². The van der Waals surface area contributed by atoms with Gasteiger partial charge in [0.2, 0.25) is 0 Å². The van der Waals surface area contributed by atoms with E-state index in [-0.39, 0.29) is 11.9 Å². The fourth-order valence-electron chi connectivity index (χ4n) is 2.45. The average Bonchev–Trinajstić information content (AvgIpc) is 2.74. The molecule has 2 atom stereocenters. The topological polar surface area (TPSA) is 64.2 Å². The Morgan fingerprint density at radius 2 is 2.41 bits per heavy atom. The predicted octanol–water partition coefficient (Wildman–Crippen LogP) is 0.620. The van der Waals surface area contributed by atoms with Crippen molar-refractivity contribution in [3.63, 3.8) is 0 Å². The number of likely N-dealkylation sites (tertiary alicyclic amines) is 1. The van der Waals surface area contributed by atoms with E-state index in [9.17, 15) is 4.79 Å². The summed E-state index contributed by atoms with van der Waals surface area (Å²) in [5.74, 6) is 0.700. The highest BCUT2D eigenvalue weighted by atomic mass is 16.2. The van der Waals surface area contributed by atoms with Gasteiger partial charge >= 0.3 is 0 Å². The molecule has 1 amide bonds. The predicted molar refractivity (Wildman–Crippen MR) is 65.5 cm³/mol. The Morgan fingerprint density at radius 1 is 1.65 bits per heavy atom. The number of amides is 1. The van der Waals surface area contributed by atoms with Crippen molar-refractivity contribution >= 4 is 5.91 Å². The van der Waals surface area contributed by atoms with E-state index in [0.29, 0.717) is 18.2 Å². The molecule has 0 bridgehead atoms. The van der Waals surface area contributed by atoms with Gasteiger partial charge in [-0.05, 0) is 18.8 Å². The molecule has 2 heterocycles. The molecule has 0 aliphatic carbocycles. The second kappa shape index (κ2) is 4.87. The Hall–Kier alpha value is -1.36. The van der Waals surface area contributed by atoms with E-state index in [0.717, 1.165) is 19.4 Å². The van der Waals surface area contributed by atoms with Crippen molar-refractivity contribution < 1.29 is 4.79 Å². The number of carbonyl (C=O) groups excluding carboxylic acids is 1. The van der Waals surface area contributed by atoms with E-state index >= 15 is 0 Å². The van der Waals surface area contributed by atoms with Crippen LogP contribution in [0.3, 0.4) is 0 Å². The first-order valence-electron chi connectivity index (χ1n) is 6.10. The SMILES string of the molecule is CC1CCN(C(=O)c2cncn2C)C(CN)C1. The maximum Gasteiger partial charge on any atom is 0.272 e. The summed E-state index contributed by atoms with van der Waals surface area (Å²) in [6.07, 6.45) is 5.32. The summed E-state index contributed by atoms with van der Waals surface area (Å²) in [4.78, 5) is 18.3. The maximum absolute atomic E-state index is 12.4. The van der Waals surface area contributed by atoms with Gasteiger partial charge < -0.3 is 15.2 Å². The van der Waals surface area contributed by atoms with Crippen LogP contribution in [0.1, 0.15) is 30.3 Å². The van der Waals surface area contributed by atoms with Gasteiger partial charge in [-0.15, -0.1) is 0 Å². The Bertz CT molecular complexity index is 401. The minimum Gasteiger partial charge on any atom is -0.333 e. The third-order valence-corrected chi connectivity index (χ3v) is 3.55. The van der Waals surface area contributed by atoms with Gasteiger partial charge in [-0.2, -0.15) is 0 Å². The van der Waals surface area contributed by atoms with Crippen LogP contribution in [-0.4, -0.2) is 39.5 Å². The van der Waals surface area contributed by atoms with Crippen LogP contribution in [0.2, 0.25) is 0 Å². The zero-order chi connectivity index (χ0) is 12.4. The number of nitrogens with zero attached hydrogens (tertiary/aromatic N) is 3. The smallest absolute Gasteiger partial charge is 0.272 e. The van der Waals surface area contributed by atoms with Crippen molar-refractivity contribution in [2.75, 3.05) is 13.1 Å². The number of hydrogen-bond acceptors (Lipinski definition) is 3. The van der Waals surface area contributed by atoms with Gasteiger partial charge in [0, 0.05) is 26.2 Å². The molecule has 1 aliphatic heterocycles. The third kappa shape index (κ3) is 2.34. The Morgan fingerprint density at radius 3 is 3.00 bits per heavy atom. The second-order valence-corrected chi connectivity index (χ2v) is 4.91. The molecule has 5 heteroatoms. The molecule has 1 fully saturated rings. The molecule has 1 aromatic rings. The van der Waals surface area contributed by atoms with Crippen molar-refractivity contribution in [2.24, 2.45) is 18.7 Å². The fourth-order valence-corrected chi connectivity index (χ4v) is 2.45. The summed E-state index contributed by atoms with van der Waals surface area (Å²) in [6.45, 7) is 3.55. The normalized spacial score (nSPS) is 25.0. The molecule has 5 nitrogen and oxygen atoms in total. The maximum atomic E-state index is 12.4. The van der Waals surface area contributed by atoms with E-state index in [1.165, 1.54) is 0 Å². The molecule has 0 saturated carbocycles. The van der Waals surface area contributed by atoms with E-state index in [4.69, 9.17) is 5.73 Å². The fraction of sp³-hybridized carbons (Fsp3) is 0.667. The number of hydrogen-bond donors (Lipinski definition) is 1. The van der Waals surface area contributed by atoms with Gasteiger partial charge in [-0.25, -0.2) is 4.98 Å². The Balaban J connectivity index is 2.16. The van der Waals surface area contributed by atoms with Gasteiger partial charge in [-0.1, -0.05) is 6.92 Å². The number of piperidine rings is 1. The highest BCUT2D eigenvalue weighted by Crippen LogP contribution is 2.23. The number of rotatable bonds is 2. The molecule has 2 unspecified atom stereocenters. The van der Waals surface area contributed by atoms with Crippen molar-refractivity contribution in [1.29, 1.82) is 0 Å². The first-order chi connectivity index (χ1) is 8.13. The standard InChI is InChI=1S/C12H20N4O/c1-9-3-4-16(10(5-9)6-13)12(17)11-7-14-8-15(11)2/h7-10H,3-6,13H2,1-2H3. The summed E-state index contributed by atoms with van der Waals surface area (Å²) < 4.78 is 1.76. The van der Waals surface area contributed by atoms with Crippen LogP contribution < -0.4 is 5.73 Å². The summed E-state index contributed by atoms with van der Waals surface area (Å²) >= 11 is 0. The number of imidazole rings is 1. The molecule has 17 heavy (non-hydrogen) atoms. The van der Waals surface area contributed by atoms with Crippen LogP contribution >= 0.6 is 0 Å². The molecule has 1 saturated heterocycles. The largest absolute Gasteiger partial charge is 0.333 e. The molecule has 94 valence electrons. The van der Waals surface area contributed by atoms with Crippen LogP contribution in [0.15, 0.2) is 12.5 Å². The van der Waals surface area contributed by atoms with Gasteiger partial charge in [0.1, 0.15) is 5.69 Å². The first-order valence-corrected chi connectivity index (χ1v) is 6.10. The van der Waals surface area contributed by atoms with Crippen molar-refractivity contribution in [1.82, 2.24) is 14.5 Å². The summed E-state index contributed by atoms with van der Waals surface area (Å²) in [5, 5.41) is 0. The monoisotopic (exact) mass is 236 g/mol.